The lowest BCUT2D eigenvalue weighted by Gasteiger charge is -2.21. The summed E-state index contributed by atoms with van der Waals surface area (Å²) in [6.07, 6.45) is 10.3. The molecule has 5 rings (SSSR count). The lowest BCUT2D eigenvalue weighted by atomic mass is 9.91. The molecule has 196 valence electrons. The Hall–Kier alpha value is -4.78. The van der Waals surface area contributed by atoms with Crippen molar-refractivity contribution in [2.75, 3.05) is 0 Å². The van der Waals surface area contributed by atoms with Gasteiger partial charge in [-0.25, -0.2) is 4.98 Å². The molecule has 0 aromatic carbocycles. The lowest BCUT2D eigenvalue weighted by Crippen LogP contribution is -2.16. The molecule has 5 heterocycles. The zero-order valence-electron chi connectivity index (χ0n) is 22.8. The summed E-state index contributed by atoms with van der Waals surface area (Å²) in [5.74, 6) is 0. The first-order valence-electron chi connectivity index (χ1n) is 13.0. The summed E-state index contributed by atoms with van der Waals surface area (Å²) in [5, 5.41) is 12.1. The van der Waals surface area contributed by atoms with Gasteiger partial charge in [0.05, 0.1) is 28.3 Å². The number of aromatic amines is 2. The maximum Gasteiger partial charge on any atom is 0.135 e. The van der Waals surface area contributed by atoms with Crippen LogP contribution in [0.3, 0.4) is 0 Å². The summed E-state index contributed by atoms with van der Waals surface area (Å²) >= 11 is 0. The van der Waals surface area contributed by atoms with Crippen LogP contribution in [0.5, 0.6) is 0 Å². The van der Waals surface area contributed by atoms with E-state index in [1.54, 1.807) is 18.5 Å². The average Bonchev–Trinajstić information content (AvgIpc) is 3.54. The minimum absolute atomic E-state index is 0.140. The summed E-state index contributed by atoms with van der Waals surface area (Å²) in [6, 6.07) is 13.8. The molecular formula is C32H33N7. The van der Waals surface area contributed by atoms with Gasteiger partial charge < -0.3 is 10.3 Å². The van der Waals surface area contributed by atoms with Crippen LogP contribution in [0.2, 0.25) is 0 Å². The average molecular weight is 516 g/mol. The number of nitrogens with one attached hydrogen (secondary N) is 3. The van der Waals surface area contributed by atoms with E-state index in [-0.39, 0.29) is 5.41 Å². The van der Waals surface area contributed by atoms with E-state index >= 15 is 0 Å². The highest BCUT2D eigenvalue weighted by Gasteiger charge is 2.17. The number of H-pyrrole nitrogens is 2. The van der Waals surface area contributed by atoms with Gasteiger partial charge in [0.2, 0.25) is 0 Å². The predicted octanol–water partition coefficient (Wildman–Crippen LogP) is 7.58. The van der Waals surface area contributed by atoms with Gasteiger partial charge in [0, 0.05) is 34.7 Å². The number of rotatable bonds is 8. The number of hydrogen-bond donors (Lipinski definition) is 3. The van der Waals surface area contributed by atoms with Crippen LogP contribution in [-0.2, 0) is 0 Å². The monoisotopic (exact) mass is 515 g/mol. The van der Waals surface area contributed by atoms with Crippen molar-refractivity contribution in [2.24, 2.45) is 5.41 Å². The van der Waals surface area contributed by atoms with Crippen molar-refractivity contribution in [3.8, 4) is 22.8 Å². The Bertz CT molecular complexity index is 1730. The summed E-state index contributed by atoms with van der Waals surface area (Å²) in [7, 11) is 0. The second-order valence-corrected chi connectivity index (χ2v) is 10.7. The molecule has 7 heteroatoms. The number of allylic oxidation sites excluding steroid dienone is 5. The molecule has 0 aliphatic rings. The van der Waals surface area contributed by atoms with Crippen molar-refractivity contribution in [1.29, 1.82) is 0 Å². The molecule has 0 radical (unpaired) electrons. The summed E-state index contributed by atoms with van der Waals surface area (Å²) < 4.78 is 0. The highest BCUT2D eigenvalue weighted by atomic mass is 15.1. The van der Waals surface area contributed by atoms with Crippen molar-refractivity contribution >= 4 is 27.5 Å². The fourth-order valence-electron chi connectivity index (χ4n) is 4.64. The van der Waals surface area contributed by atoms with E-state index in [4.69, 9.17) is 4.98 Å². The second kappa shape index (κ2) is 10.5. The lowest BCUT2D eigenvalue weighted by molar-refractivity contribution is 0.403. The Balaban J connectivity index is 1.51. The van der Waals surface area contributed by atoms with Gasteiger partial charge in [-0.15, -0.1) is 0 Å². The molecule has 0 fully saturated rings. The SMILES string of the molecule is C=C/C(=C\C(=C/C)c1ccc2[nH]nc(-c3cc4c(-c5ccccn5)nccc4[nH]3)c2n1)NC(=C)CC(C)(C)C. The van der Waals surface area contributed by atoms with Crippen molar-refractivity contribution in [1.82, 2.24) is 35.5 Å². The van der Waals surface area contributed by atoms with E-state index in [9.17, 15) is 0 Å². The van der Waals surface area contributed by atoms with Crippen LogP contribution in [0, 0.1) is 5.41 Å². The van der Waals surface area contributed by atoms with E-state index in [0.29, 0.717) is 0 Å². The Morgan fingerprint density at radius 3 is 2.59 bits per heavy atom. The van der Waals surface area contributed by atoms with Gasteiger partial charge in [-0.3, -0.25) is 15.1 Å². The standard InChI is InChI=1S/C32H33N7/c1-7-21(17-22(8-2)35-20(3)19-32(4,5)6)24-12-13-27-30(37-24)31(39-38-27)28-18-23-25(36-28)14-16-34-29(23)26-11-9-10-15-33-26/h7-18,35-36H,2-3,19H2,1,4-6H3,(H,38,39)/b21-7+,22-17+. The van der Waals surface area contributed by atoms with Gasteiger partial charge in [0.1, 0.15) is 11.2 Å². The van der Waals surface area contributed by atoms with Crippen LogP contribution < -0.4 is 5.32 Å². The fourth-order valence-corrected chi connectivity index (χ4v) is 4.64. The van der Waals surface area contributed by atoms with Crippen LogP contribution in [0.15, 0.2) is 97.6 Å². The molecule has 0 amide bonds. The maximum atomic E-state index is 5.02. The van der Waals surface area contributed by atoms with Crippen LogP contribution in [-0.4, -0.2) is 30.1 Å². The predicted molar refractivity (Wildman–Crippen MR) is 160 cm³/mol. The highest BCUT2D eigenvalue weighted by Crippen LogP contribution is 2.32. The molecule has 0 bridgehead atoms. The zero-order chi connectivity index (χ0) is 27.6. The topological polar surface area (TPSA) is 95.2 Å². The van der Waals surface area contributed by atoms with Gasteiger partial charge in [-0.1, -0.05) is 46.1 Å². The number of nitrogens with zero attached hydrogens (tertiary/aromatic N) is 4. The molecule has 0 aliphatic heterocycles. The molecule has 3 N–H and O–H groups in total. The number of hydrogen-bond acceptors (Lipinski definition) is 5. The molecule has 39 heavy (non-hydrogen) atoms. The van der Waals surface area contributed by atoms with Crippen LogP contribution in [0.1, 0.15) is 39.8 Å². The van der Waals surface area contributed by atoms with E-state index in [0.717, 1.165) is 73.8 Å². The Labute approximate surface area is 228 Å². The van der Waals surface area contributed by atoms with Crippen LogP contribution >= 0.6 is 0 Å². The number of pyridine rings is 3. The second-order valence-electron chi connectivity index (χ2n) is 10.7. The van der Waals surface area contributed by atoms with Crippen LogP contribution in [0.4, 0.5) is 0 Å². The van der Waals surface area contributed by atoms with Crippen molar-refractivity contribution in [3.05, 3.63) is 103 Å². The highest BCUT2D eigenvalue weighted by molar-refractivity contribution is 5.98. The van der Waals surface area contributed by atoms with Crippen molar-refractivity contribution in [2.45, 2.75) is 34.1 Å². The number of fused-ring (bicyclic) bond motifs is 2. The molecule has 5 aromatic heterocycles. The first kappa shape index (κ1) is 25.9. The minimum Gasteiger partial charge on any atom is -0.359 e. The Morgan fingerprint density at radius 1 is 1.03 bits per heavy atom. The zero-order valence-corrected chi connectivity index (χ0v) is 22.8. The van der Waals surface area contributed by atoms with Gasteiger partial charge in [0.15, 0.2) is 0 Å². The first-order valence-corrected chi connectivity index (χ1v) is 13.0. The fraction of sp³-hybridized carbons (Fsp3) is 0.188. The van der Waals surface area contributed by atoms with Crippen molar-refractivity contribution in [3.63, 3.8) is 0 Å². The van der Waals surface area contributed by atoms with Gasteiger partial charge in [-0.05, 0) is 72.9 Å². The van der Waals surface area contributed by atoms with Gasteiger partial charge >= 0.3 is 0 Å². The molecule has 0 saturated heterocycles. The normalized spacial score (nSPS) is 12.7. The molecule has 7 nitrogen and oxygen atoms in total. The molecule has 0 saturated carbocycles. The summed E-state index contributed by atoms with van der Waals surface area (Å²) in [5.41, 5.74) is 9.61. The Kier molecular flexibility index (Phi) is 6.98. The first-order chi connectivity index (χ1) is 18.8. The summed E-state index contributed by atoms with van der Waals surface area (Å²) in [4.78, 5) is 17.6. The van der Waals surface area contributed by atoms with E-state index in [1.165, 1.54) is 0 Å². The molecule has 0 atom stereocenters. The van der Waals surface area contributed by atoms with Crippen LogP contribution in [0.25, 0.3) is 50.3 Å². The molecule has 5 aromatic rings. The van der Waals surface area contributed by atoms with Gasteiger partial charge in [-0.2, -0.15) is 5.10 Å². The van der Waals surface area contributed by atoms with E-state index < -0.39 is 0 Å². The van der Waals surface area contributed by atoms with E-state index in [1.807, 2.05) is 55.5 Å². The molecule has 0 aliphatic carbocycles. The quantitative estimate of drug-likeness (QED) is 0.185. The third-order valence-electron chi connectivity index (χ3n) is 6.32. The molecular weight excluding hydrogens is 482 g/mol. The maximum absolute atomic E-state index is 5.02. The van der Waals surface area contributed by atoms with E-state index in [2.05, 4.69) is 70.5 Å². The minimum atomic E-state index is 0.140. The third kappa shape index (κ3) is 5.57. The molecule has 0 spiro atoms. The van der Waals surface area contributed by atoms with Crippen molar-refractivity contribution < 1.29 is 0 Å². The summed E-state index contributed by atoms with van der Waals surface area (Å²) in [6.45, 7) is 16.8. The third-order valence-corrected chi connectivity index (χ3v) is 6.32. The van der Waals surface area contributed by atoms with Gasteiger partial charge in [0.25, 0.3) is 0 Å². The largest absolute Gasteiger partial charge is 0.359 e. The smallest absolute Gasteiger partial charge is 0.135 e. The number of aromatic nitrogens is 6. The Morgan fingerprint density at radius 2 is 1.87 bits per heavy atom. The molecule has 0 unspecified atom stereocenters.